The molecule has 0 bridgehead atoms. The molecule has 1 N–H and O–H groups in total. The predicted octanol–water partition coefficient (Wildman–Crippen LogP) is 1.77. The van der Waals surface area contributed by atoms with Crippen molar-refractivity contribution in [2.24, 2.45) is 0 Å². The Balaban J connectivity index is 3.08. The molecule has 1 unspecified atom stereocenters. The topological polar surface area (TPSA) is 96.0 Å². The van der Waals surface area contributed by atoms with Crippen LogP contribution in [0.25, 0.3) is 0 Å². The second kappa shape index (κ2) is 5.72. The van der Waals surface area contributed by atoms with Crippen LogP contribution in [0.2, 0.25) is 0 Å². The molecule has 1 atom stereocenters. The zero-order chi connectivity index (χ0) is 13.7. The Kier molecular flexibility index (Phi) is 4.32. The van der Waals surface area contributed by atoms with E-state index in [1.54, 1.807) is 6.92 Å². The van der Waals surface area contributed by atoms with Crippen molar-refractivity contribution in [3.8, 4) is 6.07 Å². The third kappa shape index (κ3) is 3.01. The van der Waals surface area contributed by atoms with Gasteiger partial charge in [-0.25, -0.2) is 4.39 Å². The molecule has 0 heterocycles. The summed E-state index contributed by atoms with van der Waals surface area (Å²) < 4.78 is 13.0. The number of benzene rings is 1. The molecule has 0 fully saturated rings. The molecule has 0 radical (unpaired) electrons. The Morgan fingerprint density at radius 2 is 2.33 bits per heavy atom. The molecule has 7 heteroatoms. The van der Waals surface area contributed by atoms with Gasteiger partial charge in [-0.3, -0.25) is 14.9 Å². The lowest BCUT2D eigenvalue weighted by atomic mass is 10.1. The molecule has 0 aliphatic rings. The lowest BCUT2D eigenvalue weighted by Crippen LogP contribution is -2.33. The van der Waals surface area contributed by atoms with E-state index in [1.165, 1.54) is 0 Å². The fourth-order valence-electron chi connectivity index (χ4n) is 1.31. The van der Waals surface area contributed by atoms with Crippen molar-refractivity contribution in [1.82, 2.24) is 5.32 Å². The number of nitro groups is 1. The third-order valence-corrected chi connectivity index (χ3v) is 2.27. The van der Waals surface area contributed by atoms with Gasteiger partial charge in [0.2, 0.25) is 0 Å². The van der Waals surface area contributed by atoms with Crippen molar-refractivity contribution in [2.45, 2.75) is 19.4 Å². The summed E-state index contributed by atoms with van der Waals surface area (Å²) in [6.45, 7) is 1.67. The van der Waals surface area contributed by atoms with E-state index < -0.39 is 33.9 Å². The van der Waals surface area contributed by atoms with Gasteiger partial charge in [0.1, 0.15) is 17.4 Å². The van der Waals surface area contributed by atoms with Crippen molar-refractivity contribution in [1.29, 1.82) is 5.26 Å². The van der Waals surface area contributed by atoms with Crippen LogP contribution in [-0.4, -0.2) is 16.9 Å². The number of nitro benzene ring substituents is 1. The molecule has 0 aliphatic carbocycles. The molecule has 1 amide bonds. The highest BCUT2D eigenvalue weighted by molar-refractivity contribution is 5.98. The minimum Gasteiger partial charge on any atom is -0.336 e. The highest BCUT2D eigenvalue weighted by atomic mass is 19.1. The van der Waals surface area contributed by atoms with E-state index in [0.29, 0.717) is 6.42 Å². The van der Waals surface area contributed by atoms with Crippen LogP contribution in [-0.2, 0) is 0 Å². The molecule has 1 rings (SSSR count). The van der Waals surface area contributed by atoms with Gasteiger partial charge in [-0.1, -0.05) is 6.92 Å². The van der Waals surface area contributed by atoms with E-state index in [0.717, 1.165) is 18.2 Å². The Labute approximate surface area is 102 Å². The smallest absolute Gasteiger partial charge is 0.282 e. The highest BCUT2D eigenvalue weighted by Crippen LogP contribution is 2.19. The summed E-state index contributed by atoms with van der Waals surface area (Å²) in [6.07, 6.45) is 0.353. The Morgan fingerprint density at radius 1 is 1.67 bits per heavy atom. The van der Waals surface area contributed by atoms with Gasteiger partial charge in [0.25, 0.3) is 11.6 Å². The minimum absolute atomic E-state index is 0.353. The van der Waals surface area contributed by atoms with Crippen molar-refractivity contribution in [3.05, 3.63) is 39.7 Å². The average Bonchev–Trinajstić information content (AvgIpc) is 2.35. The average molecular weight is 251 g/mol. The first-order chi connectivity index (χ1) is 8.49. The summed E-state index contributed by atoms with van der Waals surface area (Å²) in [5.74, 6) is -1.59. The van der Waals surface area contributed by atoms with Gasteiger partial charge in [0, 0.05) is 6.07 Å². The fourth-order valence-corrected chi connectivity index (χ4v) is 1.31. The van der Waals surface area contributed by atoms with E-state index >= 15 is 0 Å². The normalized spacial score (nSPS) is 11.4. The summed E-state index contributed by atoms with van der Waals surface area (Å²) in [5.41, 5.74) is -0.893. The van der Waals surface area contributed by atoms with Crippen LogP contribution in [0.4, 0.5) is 10.1 Å². The number of carbonyl (C=O) groups excluding carboxylic acids is 1. The number of nitriles is 1. The molecule has 18 heavy (non-hydrogen) atoms. The standard InChI is InChI=1S/C11H10FN3O3/c1-2-8(6-13)14-11(16)9-5-7(12)3-4-10(9)15(17)18/h3-5,8H,2H2,1H3,(H,14,16). The van der Waals surface area contributed by atoms with Crippen LogP contribution in [0.1, 0.15) is 23.7 Å². The zero-order valence-electron chi connectivity index (χ0n) is 9.51. The van der Waals surface area contributed by atoms with Crippen molar-refractivity contribution >= 4 is 11.6 Å². The van der Waals surface area contributed by atoms with E-state index in [4.69, 9.17) is 5.26 Å². The second-order valence-electron chi connectivity index (χ2n) is 3.48. The maximum absolute atomic E-state index is 13.0. The number of carbonyl (C=O) groups is 1. The second-order valence-corrected chi connectivity index (χ2v) is 3.48. The van der Waals surface area contributed by atoms with Crippen molar-refractivity contribution in [3.63, 3.8) is 0 Å². The first-order valence-corrected chi connectivity index (χ1v) is 5.14. The van der Waals surface area contributed by atoms with Crippen LogP contribution in [0.15, 0.2) is 18.2 Å². The molecular weight excluding hydrogens is 241 g/mol. The third-order valence-electron chi connectivity index (χ3n) is 2.27. The van der Waals surface area contributed by atoms with E-state index in [2.05, 4.69) is 5.32 Å². The number of nitrogens with zero attached hydrogens (tertiary/aromatic N) is 2. The number of hydrogen-bond donors (Lipinski definition) is 1. The number of rotatable bonds is 4. The predicted molar refractivity (Wildman–Crippen MR) is 60.2 cm³/mol. The lowest BCUT2D eigenvalue weighted by molar-refractivity contribution is -0.385. The summed E-state index contributed by atoms with van der Waals surface area (Å²) in [4.78, 5) is 21.6. The SMILES string of the molecule is CCC(C#N)NC(=O)c1cc(F)ccc1[N+](=O)[O-]. The Hall–Kier alpha value is -2.49. The first-order valence-electron chi connectivity index (χ1n) is 5.14. The van der Waals surface area contributed by atoms with Crippen LogP contribution in [0.3, 0.4) is 0 Å². The van der Waals surface area contributed by atoms with Gasteiger partial charge in [0.15, 0.2) is 0 Å². The molecule has 0 spiro atoms. The van der Waals surface area contributed by atoms with Crippen molar-refractivity contribution in [2.75, 3.05) is 0 Å². The number of halogens is 1. The number of amides is 1. The largest absolute Gasteiger partial charge is 0.336 e. The maximum Gasteiger partial charge on any atom is 0.282 e. The van der Waals surface area contributed by atoms with Gasteiger partial charge in [-0.2, -0.15) is 5.26 Å². The molecule has 1 aromatic rings. The molecule has 94 valence electrons. The Morgan fingerprint density at radius 3 is 2.83 bits per heavy atom. The number of hydrogen-bond acceptors (Lipinski definition) is 4. The molecular formula is C11H10FN3O3. The van der Waals surface area contributed by atoms with Gasteiger partial charge in [-0.15, -0.1) is 0 Å². The first kappa shape index (κ1) is 13.6. The molecule has 1 aromatic carbocycles. The maximum atomic E-state index is 13.0. The van der Waals surface area contributed by atoms with Gasteiger partial charge >= 0.3 is 0 Å². The molecule has 0 aliphatic heterocycles. The molecule has 0 saturated carbocycles. The van der Waals surface area contributed by atoms with Crippen molar-refractivity contribution < 1.29 is 14.1 Å². The Bertz CT molecular complexity index is 525. The van der Waals surface area contributed by atoms with Gasteiger partial charge < -0.3 is 5.32 Å². The fraction of sp³-hybridized carbons (Fsp3) is 0.273. The quantitative estimate of drug-likeness (QED) is 0.651. The molecule has 0 aromatic heterocycles. The monoisotopic (exact) mass is 251 g/mol. The van der Waals surface area contributed by atoms with E-state index in [1.807, 2.05) is 6.07 Å². The van der Waals surface area contributed by atoms with Crippen LogP contribution >= 0.6 is 0 Å². The summed E-state index contributed by atoms with van der Waals surface area (Å²) >= 11 is 0. The number of nitrogens with one attached hydrogen (secondary N) is 1. The molecule has 0 saturated heterocycles. The summed E-state index contributed by atoms with van der Waals surface area (Å²) in [7, 11) is 0. The van der Waals surface area contributed by atoms with Crippen LogP contribution in [0.5, 0.6) is 0 Å². The summed E-state index contributed by atoms with van der Waals surface area (Å²) in [6, 6.07) is 3.65. The zero-order valence-corrected chi connectivity index (χ0v) is 9.51. The van der Waals surface area contributed by atoms with Crippen LogP contribution < -0.4 is 5.32 Å². The van der Waals surface area contributed by atoms with Gasteiger partial charge in [-0.05, 0) is 18.6 Å². The van der Waals surface area contributed by atoms with E-state index in [9.17, 15) is 19.3 Å². The van der Waals surface area contributed by atoms with E-state index in [-0.39, 0.29) is 0 Å². The van der Waals surface area contributed by atoms with Gasteiger partial charge in [0.05, 0.1) is 11.0 Å². The highest BCUT2D eigenvalue weighted by Gasteiger charge is 2.22. The molecule has 6 nitrogen and oxygen atoms in total. The van der Waals surface area contributed by atoms with Crippen LogP contribution in [0, 0.1) is 27.3 Å². The lowest BCUT2D eigenvalue weighted by Gasteiger charge is -2.09. The minimum atomic E-state index is -0.838. The summed E-state index contributed by atoms with van der Waals surface area (Å²) in [5, 5.41) is 21.7.